The molecule has 134 valence electrons. The number of anilines is 2. The minimum Gasteiger partial charge on any atom is -0.306 e. The number of nitrogens with one attached hydrogen (secondary N) is 2. The van der Waals surface area contributed by atoms with Gasteiger partial charge in [0.15, 0.2) is 0 Å². The average molecular weight is 363 g/mol. The number of nitrogens with zero attached hydrogens (tertiary/aromatic N) is 1. The molecule has 4 nitrogen and oxygen atoms in total. The summed E-state index contributed by atoms with van der Waals surface area (Å²) in [5, 5.41) is 7.59. The number of rotatable bonds is 2. The van der Waals surface area contributed by atoms with Crippen molar-refractivity contribution in [1.82, 2.24) is 4.98 Å². The van der Waals surface area contributed by atoms with Crippen molar-refractivity contribution in [2.45, 2.75) is 0 Å². The summed E-state index contributed by atoms with van der Waals surface area (Å²) in [7, 11) is 0. The van der Waals surface area contributed by atoms with Gasteiger partial charge in [0.25, 0.3) is 0 Å². The van der Waals surface area contributed by atoms with Crippen molar-refractivity contribution < 1.29 is 4.79 Å². The van der Waals surface area contributed by atoms with Gasteiger partial charge < -0.3 is 5.32 Å². The predicted molar refractivity (Wildman–Crippen MR) is 113 cm³/mol. The molecule has 0 saturated heterocycles. The Labute approximate surface area is 163 Å². The normalized spacial score (nSPS) is 10.0. The number of amides is 2. The van der Waals surface area contributed by atoms with Crippen LogP contribution in [0.1, 0.15) is 11.1 Å². The van der Waals surface area contributed by atoms with Gasteiger partial charge >= 0.3 is 6.03 Å². The molecule has 0 spiro atoms. The molecule has 0 bridgehead atoms. The van der Waals surface area contributed by atoms with Crippen LogP contribution in [0.25, 0.3) is 10.8 Å². The first-order valence-electron chi connectivity index (χ1n) is 8.87. The number of carbonyl (C=O) groups excluding carboxylic acids is 1. The van der Waals surface area contributed by atoms with Crippen LogP contribution < -0.4 is 10.6 Å². The molecule has 1 heterocycles. The van der Waals surface area contributed by atoms with Gasteiger partial charge in [-0.1, -0.05) is 66.4 Å². The van der Waals surface area contributed by atoms with Gasteiger partial charge in [-0.3, -0.25) is 5.32 Å². The zero-order valence-electron chi connectivity index (χ0n) is 15.0. The largest absolute Gasteiger partial charge is 0.324 e. The van der Waals surface area contributed by atoms with Crippen LogP contribution in [0.4, 0.5) is 16.3 Å². The Morgan fingerprint density at radius 2 is 1.50 bits per heavy atom. The minimum atomic E-state index is -0.363. The molecular weight excluding hydrogens is 346 g/mol. The number of hydrogen-bond donors (Lipinski definition) is 2. The summed E-state index contributed by atoms with van der Waals surface area (Å²) in [6, 6.07) is 26.5. The van der Waals surface area contributed by atoms with E-state index in [0.29, 0.717) is 11.5 Å². The number of fused-ring (bicyclic) bond motifs is 1. The molecule has 2 N–H and O–H groups in total. The molecule has 0 aliphatic rings. The first-order valence-corrected chi connectivity index (χ1v) is 8.87. The maximum Gasteiger partial charge on any atom is 0.324 e. The van der Waals surface area contributed by atoms with Crippen LogP contribution in [0.15, 0.2) is 91.1 Å². The second kappa shape index (κ2) is 8.07. The van der Waals surface area contributed by atoms with Gasteiger partial charge in [0.05, 0.1) is 5.69 Å². The van der Waals surface area contributed by atoms with Crippen molar-refractivity contribution >= 4 is 28.3 Å². The SMILES string of the molecule is O=C(Nc1ccccc1C#Cc1ccccc1)Nc1nccc2ccccc12. The highest BCUT2D eigenvalue weighted by Gasteiger charge is 2.08. The molecule has 3 aromatic carbocycles. The minimum absolute atomic E-state index is 0.363. The van der Waals surface area contributed by atoms with E-state index in [4.69, 9.17) is 0 Å². The van der Waals surface area contributed by atoms with Gasteiger partial charge in [-0.05, 0) is 35.7 Å². The topological polar surface area (TPSA) is 54.0 Å². The number of para-hydroxylation sites is 1. The number of carbonyl (C=O) groups is 1. The number of benzene rings is 3. The van der Waals surface area contributed by atoms with Crippen LogP contribution in [0.5, 0.6) is 0 Å². The number of hydrogen-bond acceptors (Lipinski definition) is 2. The van der Waals surface area contributed by atoms with Gasteiger partial charge in [-0.15, -0.1) is 0 Å². The fourth-order valence-electron chi connectivity index (χ4n) is 2.84. The van der Waals surface area contributed by atoms with Crippen LogP contribution >= 0.6 is 0 Å². The molecule has 0 unspecified atom stereocenters. The van der Waals surface area contributed by atoms with Gasteiger partial charge in [-0.2, -0.15) is 0 Å². The lowest BCUT2D eigenvalue weighted by Gasteiger charge is -2.10. The summed E-state index contributed by atoms with van der Waals surface area (Å²) in [6.45, 7) is 0. The summed E-state index contributed by atoms with van der Waals surface area (Å²) in [6.07, 6.45) is 1.68. The van der Waals surface area contributed by atoms with Crippen LogP contribution in [-0.2, 0) is 0 Å². The molecule has 0 aliphatic heterocycles. The average Bonchev–Trinajstić information content (AvgIpc) is 2.74. The molecule has 0 aliphatic carbocycles. The molecule has 2 amide bonds. The van der Waals surface area contributed by atoms with Gasteiger partial charge in [-0.25, -0.2) is 9.78 Å². The first kappa shape index (κ1) is 17.3. The molecule has 28 heavy (non-hydrogen) atoms. The summed E-state index contributed by atoms with van der Waals surface area (Å²) in [4.78, 5) is 16.8. The highest BCUT2D eigenvalue weighted by atomic mass is 16.2. The highest BCUT2D eigenvalue weighted by Crippen LogP contribution is 2.21. The Balaban J connectivity index is 1.55. The van der Waals surface area contributed by atoms with E-state index in [9.17, 15) is 4.79 Å². The van der Waals surface area contributed by atoms with E-state index in [2.05, 4.69) is 27.5 Å². The zero-order chi connectivity index (χ0) is 19.2. The number of urea groups is 1. The lowest BCUT2D eigenvalue weighted by atomic mass is 10.1. The Bertz CT molecular complexity index is 1190. The number of pyridine rings is 1. The third-order valence-electron chi connectivity index (χ3n) is 4.20. The standard InChI is InChI=1S/C24H17N3O/c28-24(27-23-21-12-6-4-10-19(21)16-17-25-23)26-22-13-7-5-11-20(22)15-14-18-8-2-1-3-9-18/h1-13,16-17H,(H2,25,26,27,28). The second-order valence-corrected chi connectivity index (χ2v) is 6.12. The van der Waals surface area contributed by atoms with E-state index in [0.717, 1.165) is 21.9 Å². The van der Waals surface area contributed by atoms with E-state index in [1.54, 1.807) is 6.20 Å². The fourth-order valence-corrected chi connectivity index (χ4v) is 2.84. The summed E-state index contributed by atoms with van der Waals surface area (Å²) in [5.41, 5.74) is 2.30. The van der Waals surface area contributed by atoms with E-state index < -0.39 is 0 Å². The van der Waals surface area contributed by atoms with Gasteiger partial charge in [0.1, 0.15) is 5.82 Å². The zero-order valence-corrected chi connectivity index (χ0v) is 15.0. The molecule has 4 heteroatoms. The van der Waals surface area contributed by atoms with Crippen molar-refractivity contribution in [1.29, 1.82) is 0 Å². The van der Waals surface area contributed by atoms with Crippen LogP contribution in [0.3, 0.4) is 0 Å². The third kappa shape index (κ3) is 4.00. The maximum atomic E-state index is 12.5. The summed E-state index contributed by atoms with van der Waals surface area (Å²) in [5.74, 6) is 6.75. The molecule has 1 aromatic heterocycles. The smallest absolute Gasteiger partial charge is 0.306 e. The predicted octanol–water partition coefficient (Wildman–Crippen LogP) is 5.28. The molecule has 0 fully saturated rings. The Kier molecular flexibility index (Phi) is 4.99. The van der Waals surface area contributed by atoms with Crippen LogP contribution in [0, 0.1) is 11.8 Å². The monoisotopic (exact) mass is 363 g/mol. The molecule has 4 rings (SSSR count). The van der Waals surface area contributed by atoms with E-state index in [1.807, 2.05) is 84.9 Å². The lowest BCUT2D eigenvalue weighted by Crippen LogP contribution is -2.20. The molecule has 0 atom stereocenters. The van der Waals surface area contributed by atoms with Crippen molar-refractivity contribution in [3.8, 4) is 11.8 Å². The van der Waals surface area contributed by atoms with Gasteiger partial charge in [0.2, 0.25) is 0 Å². The van der Waals surface area contributed by atoms with Crippen LogP contribution in [-0.4, -0.2) is 11.0 Å². The van der Waals surface area contributed by atoms with Crippen molar-refractivity contribution in [3.05, 3.63) is 102 Å². The van der Waals surface area contributed by atoms with Gasteiger partial charge in [0, 0.05) is 22.7 Å². The summed E-state index contributed by atoms with van der Waals surface area (Å²) >= 11 is 0. The molecule has 0 radical (unpaired) electrons. The van der Waals surface area contributed by atoms with E-state index >= 15 is 0 Å². The lowest BCUT2D eigenvalue weighted by molar-refractivity contribution is 0.262. The highest BCUT2D eigenvalue weighted by molar-refractivity contribution is 6.05. The van der Waals surface area contributed by atoms with Crippen molar-refractivity contribution in [2.24, 2.45) is 0 Å². The first-order chi connectivity index (χ1) is 13.8. The Morgan fingerprint density at radius 1 is 0.750 bits per heavy atom. The molecular formula is C24H17N3O. The molecule has 4 aromatic rings. The Morgan fingerprint density at radius 3 is 2.39 bits per heavy atom. The third-order valence-corrected chi connectivity index (χ3v) is 4.20. The van der Waals surface area contributed by atoms with E-state index in [-0.39, 0.29) is 6.03 Å². The second-order valence-electron chi connectivity index (χ2n) is 6.12. The Hall–Kier alpha value is -4.10. The van der Waals surface area contributed by atoms with E-state index in [1.165, 1.54) is 0 Å². The van der Waals surface area contributed by atoms with Crippen molar-refractivity contribution in [3.63, 3.8) is 0 Å². The quantitative estimate of drug-likeness (QED) is 0.476. The number of aromatic nitrogens is 1. The fraction of sp³-hybridized carbons (Fsp3) is 0. The van der Waals surface area contributed by atoms with Crippen molar-refractivity contribution in [2.75, 3.05) is 10.6 Å². The summed E-state index contributed by atoms with van der Waals surface area (Å²) < 4.78 is 0. The maximum absolute atomic E-state index is 12.5. The molecule has 0 saturated carbocycles. The van der Waals surface area contributed by atoms with Crippen LogP contribution in [0.2, 0.25) is 0 Å².